The number of nitro benzene ring substituents is 1. The standard InChI is InChI=1S/C19H18F3N3O3/c20-19(21,22)14-5-4-6-15(12-14)23-18(26)13-7-8-16(17(11-13)25(27)28)24-9-2-1-3-10-24/h4-8,11-12H,1-3,9-10H2,(H,23,26). The Morgan fingerprint density at radius 3 is 2.43 bits per heavy atom. The largest absolute Gasteiger partial charge is 0.416 e. The van der Waals surface area contributed by atoms with Crippen LogP contribution in [-0.2, 0) is 6.18 Å². The van der Waals surface area contributed by atoms with Crippen molar-refractivity contribution in [3.05, 3.63) is 63.7 Å². The topological polar surface area (TPSA) is 75.5 Å². The van der Waals surface area contributed by atoms with Gasteiger partial charge >= 0.3 is 6.18 Å². The summed E-state index contributed by atoms with van der Waals surface area (Å²) < 4.78 is 38.4. The Morgan fingerprint density at radius 2 is 1.79 bits per heavy atom. The quantitative estimate of drug-likeness (QED) is 0.595. The molecule has 0 aliphatic carbocycles. The average Bonchev–Trinajstić information content (AvgIpc) is 2.67. The van der Waals surface area contributed by atoms with Gasteiger partial charge in [0.1, 0.15) is 5.69 Å². The summed E-state index contributed by atoms with van der Waals surface area (Å²) in [4.78, 5) is 25.2. The lowest BCUT2D eigenvalue weighted by Gasteiger charge is -2.28. The van der Waals surface area contributed by atoms with E-state index >= 15 is 0 Å². The van der Waals surface area contributed by atoms with Gasteiger partial charge in [0.05, 0.1) is 10.5 Å². The van der Waals surface area contributed by atoms with Crippen LogP contribution in [0.1, 0.15) is 35.2 Å². The number of hydrogen-bond acceptors (Lipinski definition) is 4. The molecule has 0 saturated carbocycles. The van der Waals surface area contributed by atoms with Crippen LogP contribution in [0, 0.1) is 10.1 Å². The number of nitrogens with one attached hydrogen (secondary N) is 1. The number of nitro groups is 1. The number of hydrogen-bond donors (Lipinski definition) is 1. The first kappa shape index (κ1) is 19.7. The summed E-state index contributed by atoms with van der Waals surface area (Å²) in [7, 11) is 0. The molecule has 2 aromatic carbocycles. The van der Waals surface area contributed by atoms with E-state index in [1.54, 1.807) is 0 Å². The van der Waals surface area contributed by atoms with Gasteiger partial charge in [-0.2, -0.15) is 13.2 Å². The molecule has 28 heavy (non-hydrogen) atoms. The fraction of sp³-hybridized carbons (Fsp3) is 0.316. The average molecular weight is 393 g/mol. The van der Waals surface area contributed by atoms with Crippen LogP contribution in [0.3, 0.4) is 0 Å². The van der Waals surface area contributed by atoms with Crippen LogP contribution in [0.15, 0.2) is 42.5 Å². The fourth-order valence-corrected chi connectivity index (χ4v) is 3.19. The van der Waals surface area contributed by atoms with Crippen molar-refractivity contribution < 1.29 is 22.9 Å². The van der Waals surface area contributed by atoms with E-state index in [-0.39, 0.29) is 16.9 Å². The minimum atomic E-state index is -4.53. The highest BCUT2D eigenvalue weighted by Gasteiger charge is 2.30. The number of rotatable bonds is 4. The van der Waals surface area contributed by atoms with E-state index in [0.717, 1.165) is 37.5 Å². The second-order valence-corrected chi connectivity index (χ2v) is 6.54. The molecule has 0 bridgehead atoms. The summed E-state index contributed by atoms with van der Waals surface area (Å²) in [5, 5.41) is 13.8. The van der Waals surface area contributed by atoms with Crippen LogP contribution in [0.25, 0.3) is 0 Å². The first-order chi connectivity index (χ1) is 13.3. The lowest BCUT2D eigenvalue weighted by Crippen LogP contribution is -2.30. The van der Waals surface area contributed by atoms with Crippen molar-refractivity contribution in [1.82, 2.24) is 0 Å². The van der Waals surface area contributed by atoms with Gasteiger partial charge in [0.25, 0.3) is 11.6 Å². The number of piperidine rings is 1. The van der Waals surface area contributed by atoms with Crippen LogP contribution in [0.4, 0.5) is 30.2 Å². The molecule has 1 heterocycles. The second-order valence-electron chi connectivity index (χ2n) is 6.54. The zero-order valence-electron chi connectivity index (χ0n) is 14.8. The number of halogens is 3. The van der Waals surface area contributed by atoms with Gasteiger partial charge in [-0.05, 0) is 49.6 Å². The SMILES string of the molecule is O=C(Nc1cccc(C(F)(F)F)c1)c1ccc(N2CCCCC2)c([N+](=O)[O-])c1. The number of carbonyl (C=O) groups excluding carboxylic acids is 1. The lowest BCUT2D eigenvalue weighted by atomic mass is 10.1. The maximum atomic E-state index is 12.8. The van der Waals surface area contributed by atoms with Crippen LogP contribution < -0.4 is 10.2 Å². The number of carbonyl (C=O) groups is 1. The van der Waals surface area contributed by atoms with E-state index in [0.29, 0.717) is 18.8 Å². The summed E-state index contributed by atoms with van der Waals surface area (Å²) in [5.41, 5.74) is -0.678. The van der Waals surface area contributed by atoms with Gasteiger partial charge in [-0.1, -0.05) is 6.07 Å². The maximum Gasteiger partial charge on any atom is 0.416 e. The molecule has 2 aromatic rings. The van der Waals surface area contributed by atoms with Crippen molar-refractivity contribution in [2.75, 3.05) is 23.3 Å². The number of benzene rings is 2. The molecule has 148 valence electrons. The van der Waals surface area contributed by atoms with Gasteiger partial charge in [0.2, 0.25) is 0 Å². The van der Waals surface area contributed by atoms with Crippen molar-refractivity contribution in [2.45, 2.75) is 25.4 Å². The molecule has 1 aliphatic rings. The Kier molecular flexibility index (Phi) is 5.53. The summed E-state index contributed by atoms with van der Waals surface area (Å²) in [6.07, 6.45) is -1.58. The van der Waals surface area contributed by atoms with Crippen molar-refractivity contribution in [1.29, 1.82) is 0 Å². The zero-order chi connectivity index (χ0) is 20.3. The molecule has 9 heteroatoms. The summed E-state index contributed by atoms with van der Waals surface area (Å²) in [6, 6.07) is 8.34. The molecule has 0 atom stereocenters. The van der Waals surface area contributed by atoms with Crippen LogP contribution >= 0.6 is 0 Å². The van der Waals surface area contributed by atoms with Crippen molar-refractivity contribution in [2.24, 2.45) is 0 Å². The van der Waals surface area contributed by atoms with Crippen LogP contribution in [-0.4, -0.2) is 23.9 Å². The maximum absolute atomic E-state index is 12.8. The molecular weight excluding hydrogens is 375 g/mol. The minimum absolute atomic E-state index is 0.00451. The van der Waals surface area contributed by atoms with E-state index in [2.05, 4.69) is 5.32 Å². The zero-order valence-corrected chi connectivity index (χ0v) is 14.8. The van der Waals surface area contributed by atoms with Crippen LogP contribution in [0.5, 0.6) is 0 Å². The third-order valence-corrected chi connectivity index (χ3v) is 4.58. The Labute approximate surface area is 159 Å². The number of alkyl halides is 3. The van der Waals surface area contributed by atoms with Gasteiger partial charge in [-0.15, -0.1) is 0 Å². The first-order valence-electron chi connectivity index (χ1n) is 8.78. The summed E-state index contributed by atoms with van der Waals surface area (Å²) in [5.74, 6) is -0.715. The van der Waals surface area contributed by atoms with Gasteiger partial charge in [0.15, 0.2) is 0 Å². The van der Waals surface area contributed by atoms with E-state index in [1.807, 2.05) is 4.90 Å². The third kappa shape index (κ3) is 4.41. The molecule has 0 spiro atoms. The second kappa shape index (κ2) is 7.87. The van der Waals surface area contributed by atoms with Crippen molar-refractivity contribution in [3.8, 4) is 0 Å². The third-order valence-electron chi connectivity index (χ3n) is 4.58. The monoisotopic (exact) mass is 393 g/mol. The molecule has 0 radical (unpaired) electrons. The van der Waals surface area contributed by atoms with E-state index in [1.165, 1.54) is 24.3 Å². The Morgan fingerprint density at radius 1 is 1.07 bits per heavy atom. The molecule has 0 unspecified atom stereocenters. The van der Waals surface area contributed by atoms with Gasteiger partial charge in [-0.3, -0.25) is 14.9 Å². The van der Waals surface area contributed by atoms with Crippen molar-refractivity contribution in [3.63, 3.8) is 0 Å². The summed E-state index contributed by atoms with van der Waals surface area (Å²) in [6.45, 7) is 1.41. The predicted molar refractivity (Wildman–Crippen MR) is 98.6 cm³/mol. The highest BCUT2D eigenvalue weighted by atomic mass is 19.4. The van der Waals surface area contributed by atoms with Gasteiger partial charge < -0.3 is 10.2 Å². The molecule has 1 N–H and O–H groups in total. The Hall–Kier alpha value is -3.10. The highest BCUT2D eigenvalue weighted by Crippen LogP contribution is 2.33. The fourth-order valence-electron chi connectivity index (χ4n) is 3.19. The van der Waals surface area contributed by atoms with Gasteiger partial charge in [0, 0.05) is 30.4 Å². The molecule has 0 aromatic heterocycles. The summed E-state index contributed by atoms with van der Waals surface area (Å²) >= 11 is 0. The van der Waals surface area contributed by atoms with E-state index in [9.17, 15) is 28.1 Å². The smallest absolute Gasteiger partial charge is 0.366 e. The van der Waals surface area contributed by atoms with E-state index < -0.39 is 22.6 Å². The number of nitrogens with zero attached hydrogens (tertiary/aromatic N) is 2. The van der Waals surface area contributed by atoms with Gasteiger partial charge in [-0.25, -0.2) is 0 Å². The molecule has 1 amide bonds. The number of amides is 1. The lowest BCUT2D eigenvalue weighted by molar-refractivity contribution is -0.384. The Bertz CT molecular complexity index is 893. The Balaban J connectivity index is 1.84. The normalized spacial score (nSPS) is 14.6. The molecule has 6 nitrogen and oxygen atoms in total. The van der Waals surface area contributed by atoms with Crippen molar-refractivity contribution >= 4 is 23.0 Å². The molecule has 1 fully saturated rings. The first-order valence-corrected chi connectivity index (χ1v) is 8.78. The number of anilines is 2. The molecular formula is C19H18F3N3O3. The predicted octanol–water partition coefficient (Wildman–Crippen LogP) is 4.86. The molecule has 1 saturated heterocycles. The highest BCUT2D eigenvalue weighted by molar-refractivity contribution is 6.05. The van der Waals surface area contributed by atoms with E-state index in [4.69, 9.17) is 0 Å². The molecule has 1 aliphatic heterocycles. The minimum Gasteiger partial charge on any atom is -0.366 e. The molecule has 3 rings (SSSR count). The van der Waals surface area contributed by atoms with Crippen LogP contribution in [0.2, 0.25) is 0 Å².